The molecule has 4 N–H and O–H groups in total. The summed E-state index contributed by atoms with van der Waals surface area (Å²) < 4.78 is 0. The summed E-state index contributed by atoms with van der Waals surface area (Å²) in [5.74, 6) is 1.11. The molecule has 6 heteroatoms. The number of rotatable bonds is 5. The van der Waals surface area contributed by atoms with Crippen molar-refractivity contribution in [3.63, 3.8) is 0 Å². The van der Waals surface area contributed by atoms with E-state index in [0.717, 1.165) is 64.5 Å². The second-order valence-corrected chi connectivity index (χ2v) is 8.10. The van der Waals surface area contributed by atoms with Gasteiger partial charge in [-0.3, -0.25) is 9.59 Å². The second-order valence-electron chi connectivity index (χ2n) is 8.10. The molecule has 1 saturated carbocycles. The minimum absolute atomic E-state index is 0.0340. The van der Waals surface area contributed by atoms with Crippen molar-refractivity contribution in [3.8, 4) is 0 Å². The van der Waals surface area contributed by atoms with E-state index in [1.54, 1.807) is 0 Å². The molecule has 0 aromatic rings. The third kappa shape index (κ3) is 4.34. The van der Waals surface area contributed by atoms with Crippen LogP contribution in [0.3, 0.4) is 0 Å². The first-order valence-corrected chi connectivity index (χ1v) is 10.2. The highest BCUT2D eigenvalue weighted by atomic mass is 16.2. The van der Waals surface area contributed by atoms with Crippen LogP contribution in [0.2, 0.25) is 0 Å². The molecule has 0 unspecified atom stereocenters. The van der Waals surface area contributed by atoms with Crippen molar-refractivity contribution in [2.75, 3.05) is 19.6 Å². The Balaban J connectivity index is 1.52. The number of carbonyl (C=O) groups is 2. The van der Waals surface area contributed by atoms with E-state index in [4.69, 9.17) is 5.73 Å². The van der Waals surface area contributed by atoms with Crippen LogP contribution in [-0.4, -0.2) is 54.5 Å². The lowest BCUT2D eigenvalue weighted by Crippen LogP contribution is -2.53. The molecular formula is C19H34N4O2. The maximum Gasteiger partial charge on any atom is 0.242 e. The zero-order valence-corrected chi connectivity index (χ0v) is 15.5. The molecule has 0 spiro atoms. The second kappa shape index (κ2) is 8.49. The van der Waals surface area contributed by atoms with E-state index < -0.39 is 0 Å². The van der Waals surface area contributed by atoms with Crippen molar-refractivity contribution in [3.05, 3.63) is 0 Å². The molecule has 2 amide bonds. The molecule has 2 heterocycles. The van der Waals surface area contributed by atoms with E-state index >= 15 is 0 Å². The van der Waals surface area contributed by atoms with Crippen LogP contribution in [-0.2, 0) is 9.59 Å². The molecule has 142 valence electrons. The third-order valence-electron chi connectivity index (χ3n) is 6.44. The van der Waals surface area contributed by atoms with Gasteiger partial charge in [0.15, 0.2) is 0 Å². The molecule has 2 aliphatic heterocycles. The van der Waals surface area contributed by atoms with Gasteiger partial charge < -0.3 is 21.3 Å². The molecule has 0 aromatic carbocycles. The quantitative estimate of drug-likeness (QED) is 0.690. The first-order chi connectivity index (χ1) is 12.1. The van der Waals surface area contributed by atoms with Crippen LogP contribution in [0.4, 0.5) is 0 Å². The number of carbonyl (C=O) groups excluding carboxylic acids is 2. The standard InChI is InChI=1S/C19H34N4O2/c1-2-14-9-10-21-17(14)19(25)23-11-3-4-16(23)18(24)22-12-13-5-7-15(20)8-6-13/h13-17,21H,2-12,20H2,1H3,(H,22,24)/t13?,14-,15?,16+,17-/m1/s1. The van der Waals surface area contributed by atoms with Crippen LogP contribution in [0.25, 0.3) is 0 Å². The van der Waals surface area contributed by atoms with Crippen molar-refractivity contribution in [2.45, 2.75) is 76.4 Å². The predicted octanol–water partition coefficient (Wildman–Crippen LogP) is 0.999. The molecule has 1 aliphatic carbocycles. The molecule has 6 nitrogen and oxygen atoms in total. The molecule has 0 aromatic heterocycles. The summed E-state index contributed by atoms with van der Waals surface area (Å²) >= 11 is 0. The minimum Gasteiger partial charge on any atom is -0.354 e. The van der Waals surface area contributed by atoms with Gasteiger partial charge in [-0.2, -0.15) is 0 Å². The first-order valence-electron chi connectivity index (χ1n) is 10.2. The fourth-order valence-corrected chi connectivity index (χ4v) is 4.72. The number of likely N-dealkylation sites (tertiary alicyclic amines) is 1. The molecule has 3 rings (SSSR count). The van der Waals surface area contributed by atoms with Crippen LogP contribution in [0, 0.1) is 11.8 Å². The minimum atomic E-state index is -0.279. The molecule has 3 fully saturated rings. The van der Waals surface area contributed by atoms with Crippen molar-refractivity contribution in [2.24, 2.45) is 17.6 Å². The van der Waals surface area contributed by atoms with E-state index in [0.29, 0.717) is 24.4 Å². The Bertz CT molecular complexity index is 476. The topological polar surface area (TPSA) is 87.5 Å². The Morgan fingerprint density at radius 3 is 2.64 bits per heavy atom. The number of nitrogens with zero attached hydrogens (tertiary/aromatic N) is 1. The Hall–Kier alpha value is -1.14. The van der Waals surface area contributed by atoms with Gasteiger partial charge in [0.1, 0.15) is 6.04 Å². The lowest BCUT2D eigenvalue weighted by atomic mass is 9.86. The lowest BCUT2D eigenvalue weighted by Gasteiger charge is -2.30. The van der Waals surface area contributed by atoms with Gasteiger partial charge >= 0.3 is 0 Å². The van der Waals surface area contributed by atoms with Crippen molar-refractivity contribution in [1.82, 2.24) is 15.5 Å². The predicted molar refractivity (Wildman–Crippen MR) is 97.9 cm³/mol. The van der Waals surface area contributed by atoms with Gasteiger partial charge in [0.25, 0.3) is 0 Å². The average Bonchev–Trinajstić information content (AvgIpc) is 3.29. The highest BCUT2D eigenvalue weighted by Gasteiger charge is 2.40. The smallest absolute Gasteiger partial charge is 0.242 e. The van der Waals surface area contributed by atoms with Gasteiger partial charge in [-0.15, -0.1) is 0 Å². The highest BCUT2D eigenvalue weighted by molar-refractivity contribution is 5.90. The van der Waals surface area contributed by atoms with E-state index in [-0.39, 0.29) is 23.9 Å². The van der Waals surface area contributed by atoms with Crippen molar-refractivity contribution in [1.29, 1.82) is 0 Å². The van der Waals surface area contributed by atoms with Crippen molar-refractivity contribution < 1.29 is 9.59 Å². The fraction of sp³-hybridized carbons (Fsp3) is 0.895. The summed E-state index contributed by atoms with van der Waals surface area (Å²) in [6.45, 7) is 4.48. The van der Waals surface area contributed by atoms with Gasteiger partial charge in [0, 0.05) is 19.1 Å². The molecule has 0 radical (unpaired) electrons. The van der Waals surface area contributed by atoms with Crippen LogP contribution >= 0.6 is 0 Å². The van der Waals surface area contributed by atoms with Crippen LogP contribution in [0.15, 0.2) is 0 Å². The summed E-state index contributed by atoms with van der Waals surface area (Å²) in [5, 5.41) is 6.46. The van der Waals surface area contributed by atoms with E-state index in [9.17, 15) is 9.59 Å². The third-order valence-corrected chi connectivity index (χ3v) is 6.44. The van der Waals surface area contributed by atoms with Crippen LogP contribution < -0.4 is 16.4 Å². The van der Waals surface area contributed by atoms with Gasteiger partial charge in [-0.25, -0.2) is 0 Å². The number of amides is 2. The summed E-state index contributed by atoms with van der Waals surface area (Å²) in [5.41, 5.74) is 5.95. The fourth-order valence-electron chi connectivity index (χ4n) is 4.72. The zero-order valence-electron chi connectivity index (χ0n) is 15.5. The Labute approximate surface area is 151 Å². The van der Waals surface area contributed by atoms with Crippen molar-refractivity contribution >= 4 is 11.8 Å². The lowest BCUT2D eigenvalue weighted by molar-refractivity contribution is -0.140. The number of hydrogen-bond donors (Lipinski definition) is 3. The summed E-state index contributed by atoms with van der Waals surface area (Å²) in [4.78, 5) is 27.5. The SMILES string of the molecule is CC[C@@H]1CCN[C@H]1C(=O)N1CCC[C@H]1C(=O)NCC1CCC(N)CC1. The summed E-state index contributed by atoms with van der Waals surface area (Å²) in [7, 11) is 0. The molecule has 2 saturated heterocycles. The van der Waals surface area contributed by atoms with E-state index in [1.807, 2.05) is 4.90 Å². The summed E-state index contributed by atoms with van der Waals surface area (Å²) in [6.07, 6.45) is 8.08. The molecule has 3 atom stereocenters. The molecular weight excluding hydrogens is 316 g/mol. The number of nitrogens with two attached hydrogens (primary N) is 1. The Morgan fingerprint density at radius 2 is 1.92 bits per heavy atom. The van der Waals surface area contributed by atoms with Crippen LogP contribution in [0.5, 0.6) is 0 Å². The number of hydrogen-bond acceptors (Lipinski definition) is 4. The monoisotopic (exact) mass is 350 g/mol. The van der Waals surface area contributed by atoms with Gasteiger partial charge in [0.05, 0.1) is 6.04 Å². The molecule has 25 heavy (non-hydrogen) atoms. The molecule has 0 bridgehead atoms. The summed E-state index contributed by atoms with van der Waals surface area (Å²) in [6, 6.07) is -0.0446. The van der Waals surface area contributed by atoms with Crippen LogP contribution in [0.1, 0.15) is 58.3 Å². The number of nitrogens with one attached hydrogen (secondary N) is 2. The largest absolute Gasteiger partial charge is 0.354 e. The maximum atomic E-state index is 12.9. The van der Waals surface area contributed by atoms with Gasteiger partial charge in [0.2, 0.25) is 11.8 Å². The average molecular weight is 351 g/mol. The van der Waals surface area contributed by atoms with Gasteiger partial charge in [-0.05, 0) is 63.3 Å². The normalized spacial score (nSPS) is 35.8. The Morgan fingerprint density at radius 1 is 1.16 bits per heavy atom. The highest BCUT2D eigenvalue weighted by Crippen LogP contribution is 2.26. The van der Waals surface area contributed by atoms with E-state index in [2.05, 4.69) is 17.6 Å². The molecule has 3 aliphatic rings. The van der Waals surface area contributed by atoms with E-state index in [1.165, 1.54) is 0 Å². The zero-order chi connectivity index (χ0) is 17.8. The van der Waals surface area contributed by atoms with Gasteiger partial charge in [-0.1, -0.05) is 13.3 Å². The first kappa shape index (κ1) is 18.6. The Kier molecular flexibility index (Phi) is 6.34. The maximum absolute atomic E-state index is 12.9.